The third-order valence-electron chi connectivity index (χ3n) is 4.49. The van der Waals surface area contributed by atoms with Crippen LogP contribution < -0.4 is 14.9 Å². The van der Waals surface area contributed by atoms with Crippen molar-refractivity contribution in [1.82, 2.24) is 5.43 Å². The number of carbonyl (C=O) groups is 1. The molecule has 0 spiro atoms. The van der Waals surface area contributed by atoms with Crippen LogP contribution in [-0.4, -0.2) is 18.7 Å². The van der Waals surface area contributed by atoms with E-state index in [1.165, 1.54) is 18.3 Å². The van der Waals surface area contributed by atoms with Crippen LogP contribution in [0.5, 0.6) is 11.5 Å². The van der Waals surface area contributed by atoms with E-state index in [4.69, 9.17) is 9.47 Å². The standard InChI is InChI=1S/C24H19Br2F3N2O3/c1-2-33-21-11-17(20(26)12-22(21)34-14-15-6-8-19(25)9-7-15)13-30-31-23(32)16-4-3-5-18(10-16)24(27,28)29/h3-13H,2,14H2,1H3,(H,31,32)/b30-13-. The van der Waals surface area contributed by atoms with Crippen molar-refractivity contribution < 1.29 is 27.4 Å². The molecule has 0 fully saturated rings. The molecule has 34 heavy (non-hydrogen) atoms. The maximum Gasteiger partial charge on any atom is 0.416 e. The summed E-state index contributed by atoms with van der Waals surface area (Å²) in [6, 6.07) is 15.2. The van der Waals surface area contributed by atoms with Gasteiger partial charge in [-0.2, -0.15) is 18.3 Å². The van der Waals surface area contributed by atoms with E-state index in [-0.39, 0.29) is 5.56 Å². The minimum absolute atomic E-state index is 0.155. The zero-order valence-corrected chi connectivity index (χ0v) is 21.0. The van der Waals surface area contributed by atoms with Crippen molar-refractivity contribution in [1.29, 1.82) is 0 Å². The van der Waals surface area contributed by atoms with Crippen LogP contribution in [0, 0.1) is 0 Å². The molecule has 1 N–H and O–H groups in total. The number of ether oxygens (including phenoxy) is 2. The molecule has 3 aromatic rings. The van der Waals surface area contributed by atoms with Crippen molar-refractivity contribution in [3.8, 4) is 11.5 Å². The molecule has 0 saturated heterocycles. The van der Waals surface area contributed by atoms with Gasteiger partial charge in [0.05, 0.1) is 18.4 Å². The Kier molecular flexibility index (Phi) is 8.73. The van der Waals surface area contributed by atoms with Crippen LogP contribution in [0.15, 0.2) is 74.7 Å². The van der Waals surface area contributed by atoms with Crippen LogP contribution in [0.4, 0.5) is 13.2 Å². The van der Waals surface area contributed by atoms with Crippen LogP contribution in [0.2, 0.25) is 0 Å². The van der Waals surface area contributed by atoms with E-state index in [1.807, 2.05) is 31.2 Å². The molecule has 3 aromatic carbocycles. The number of halogens is 5. The first-order valence-electron chi connectivity index (χ1n) is 10.0. The SMILES string of the molecule is CCOc1cc(/C=N\NC(=O)c2cccc(C(F)(F)F)c2)c(Br)cc1OCc1ccc(Br)cc1. The van der Waals surface area contributed by atoms with E-state index in [0.717, 1.165) is 22.2 Å². The van der Waals surface area contributed by atoms with Crippen molar-refractivity contribution in [2.24, 2.45) is 5.10 Å². The summed E-state index contributed by atoms with van der Waals surface area (Å²) in [5.74, 6) is 0.230. The number of hydrazone groups is 1. The van der Waals surface area contributed by atoms with Crippen molar-refractivity contribution >= 4 is 44.0 Å². The van der Waals surface area contributed by atoms with Gasteiger partial charge in [0.25, 0.3) is 5.91 Å². The maximum absolute atomic E-state index is 12.9. The summed E-state index contributed by atoms with van der Waals surface area (Å²) in [5, 5.41) is 3.87. The third-order valence-corrected chi connectivity index (χ3v) is 5.71. The van der Waals surface area contributed by atoms with Gasteiger partial charge in [-0.1, -0.05) is 34.1 Å². The lowest BCUT2D eigenvalue weighted by Crippen LogP contribution is -2.18. The van der Waals surface area contributed by atoms with Gasteiger partial charge in [-0.3, -0.25) is 4.79 Å². The quantitative estimate of drug-likeness (QED) is 0.225. The molecular weight excluding hydrogens is 581 g/mol. The minimum atomic E-state index is -4.54. The molecule has 0 atom stereocenters. The monoisotopic (exact) mass is 598 g/mol. The normalized spacial score (nSPS) is 11.5. The van der Waals surface area contributed by atoms with Crippen LogP contribution in [-0.2, 0) is 12.8 Å². The average Bonchev–Trinajstić information content (AvgIpc) is 2.80. The maximum atomic E-state index is 12.9. The largest absolute Gasteiger partial charge is 0.490 e. The number of alkyl halides is 3. The third kappa shape index (κ3) is 7.07. The Hall–Kier alpha value is -2.85. The first-order valence-corrected chi connectivity index (χ1v) is 11.6. The van der Waals surface area contributed by atoms with Crippen LogP contribution in [0.3, 0.4) is 0 Å². The Morgan fingerprint density at radius 2 is 1.74 bits per heavy atom. The van der Waals surface area contributed by atoms with Gasteiger partial charge in [0, 0.05) is 20.1 Å². The summed E-state index contributed by atoms with van der Waals surface area (Å²) in [7, 11) is 0. The van der Waals surface area contributed by atoms with E-state index in [2.05, 4.69) is 42.4 Å². The van der Waals surface area contributed by atoms with E-state index in [0.29, 0.717) is 34.7 Å². The number of benzene rings is 3. The summed E-state index contributed by atoms with van der Waals surface area (Å²) < 4.78 is 51.8. The molecule has 0 aliphatic carbocycles. The van der Waals surface area contributed by atoms with Gasteiger partial charge in [-0.05, 0) is 70.9 Å². The predicted molar refractivity (Wildman–Crippen MR) is 130 cm³/mol. The zero-order chi connectivity index (χ0) is 24.7. The lowest BCUT2D eigenvalue weighted by molar-refractivity contribution is -0.137. The highest BCUT2D eigenvalue weighted by Gasteiger charge is 2.30. The molecule has 0 saturated carbocycles. The smallest absolute Gasteiger partial charge is 0.416 e. The highest BCUT2D eigenvalue weighted by atomic mass is 79.9. The molecule has 3 rings (SSSR count). The van der Waals surface area contributed by atoms with Gasteiger partial charge < -0.3 is 9.47 Å². The first kappa shape index (κ1) is 25.8. The van der Waals surface area contributed by atoms with Gasteiger partial charge in [-0.25, -0.2) is 5.43 Å². The lowest BCUT2D eigenvalue weighted by atomic mass is 10.1. The average molecular weight is 600 g/mol. The van der Waals surface area contributed by atoms with Crippen molar-refractivity contribution in [3.63, 3.8) is 0 Å². The summed E-state index contributed by atoms with van der Waals surface area (Å²) in [6.45, 7) is 2.57. The number of hydrogen-bond donors (Lipinski definition) is 1. The van der Waals surface area contributed by atoms with Gasteiger partial charge >= 0.3 is 6.18 Å². The Balaban J connectivity index is 1.72. The summed E-state index contributed by atoms with van der Waals surface area (Å²) >= 11 is 6.84. The molecule has 0 aliphatic heterocycles. The van der Waals surface area contributed by atoms with Crippen molar-refractivity contribution in [2.75, 3.05) is 6.61 Å². The lowest BCUT2D eigenvalue weighted by Gasteiger charge is -2.14. The molecule has 178 valence electrons. The van der Waals surface area contributed by atoms with E-state index in [9.17, 15) is 18.0 Å². The fourth-order valence-electron chi connectivity index (χ4n) is 2.83. The van der Waals surface area contributed by atoms with Gasteiger partial charge in [0.2, 0.25) is 0 Å². The van der Waals surface area contributed by atoms with Gasteiger partial charge in [0.1, 0.15) is 6.61 Å². The molecule has 1 amide bonds. The molecule has 0 bridgehead atoms. The molecule has 5 nitrogen and oxygen atoms in total. The molecule has 0 radical (unpaired) electrons. The van der Waals surface area contributed by atoms with Gasteiger partial charge in [0.15, 0.2) is 11.5 Å². The van der Waals surface area contributed by atoms with Crippen molar-refractivity contribution in [2.45, 2.75) is 19.7 Å². The molecule has 0 unspecified atom stereocenters. The number of amides is 1. The number of hydrogen-bond acceptors (Lipinski definition) is 4. The summed E-state index contributed by atoms with van der Waals surface area (Å²) in [6.07, 6.45) is -3.18. The number of nitrogens with zero attached hydrogens (tertiary/aromatic N) is 1. The molecule has 0 heterocycles. The van der Waals surface area contributed by atoms with E-state index < -0.39 is 17.6 Å². The Morgan fingerprint density at radius 1 is 1.03 bits per heavy atom. The first-order chi connectivity index (χ1) is 16.2. The highest BCUT2D eigenvalue weighted by Crippen LogP contribution is 2.34. The van der Waals surface area contributed by atoms with Crippen LogP contribution in [0.25, 0.3) is 0 Å². The molecule has 10 heteroatoms. The molecule has 0 aromatic heterocycles. The Morgan fingerprint density at radius 3 is 2.41 bits per heavy atom. The fraction of sp³-hybridized carbons (Fsp3) is 0.167. The molecule has 0 aliphatic rings. The zero-order valence-electron chi connectivity index (χ0n) is 17.8. The predicted octanol–water partition coefficient (Wildman–Crippen LogP) is 6.97. The fourth-order valence-corrected chi connectivity index (χ4v) is 3.52. The van der Waals surface area contributed by atoms with Crippen LogP contribution in [0.1, 0.15) is 34.0 Å². The topological polar surface area (TPSA) is 59.9 Å². The molecular formula is C24H19Br2F3N2O3. The second kappa shape index (κ2) is 11.5. The minimum Gasteiger partial charge on any atom is -0.490 e. The number of rotatable bonds is 8. The Labute approximate surface area is 211 Å². The number of carbonyl (C=O) groups excluding carboxylic acids is 1. The van der Waals surface area contributed by atoms with Crippen molar-refractivity contribution in [3.05, 3.63) is 91.9 Å². The van der Waals surface area contributed by atoms with Crippen LogP contribution >= 0.6 is 31.9 Å². The Bertz CT molecular complexity index is 1180. The second-order valence-electron chi connectivity index (χ2n) is 6.95. The number of nitrogens with one attached hydrogen (secondary N) is 1. The second-order valence-corrected chi connectivity index (χ2v) is 8.72. The summed E-state index contributed by atoms with van der Waals surface area (Å²) in [4.78, 5) is 12.2. The van der Waals surface area contributed by atoms with E-state index >= 15 is 0 Å². The summed E-state index contributed by atoms with van der Waals surface area (Å²) in [5.41, 5.74) is 2.72. The highest BCUT2D eigenvalue weighted by molar-refractivity contribution is 9.10. The van der Waals surface area contributed by atoms with Gasteiger partial charge in [-0.15, -0.1) is 0 Å². The van der Waals surface area contributed by atoms with E-state index in [1.54, 1.807) is 12.1 Å².